The van der Waals surface area contributed by atoms with Crippen LogP contribution in [-0.2, 0) is 23.0 Å². The molecule has 4 nitrogen and oxygen atoms in total. The Morgan fingerprint density at radius 2 is 2.33 bits per heavy atom. The highest BCUT2D eigenvalue weighted by atomic mass is 79.9. The molecule has 0 spiro atoms. The lowest BCUT2D eigenvalue weighted by atomic mass is 10.4. The second-order valence-electron chi connectivity index (χ2n) is 2.27. The van der Waals surface area contributed by atoms with Gasteiger partial charge in [0.2, 0.25) is 0 Å². The summed E-state index contributed by atoms with van der Waals surface area (Å²) in [6.07, 6.45) is 1.31. The van der Waals surface area contributed by atoms with Crippen molar-refractivity contribution in [3.63, 3.8) is 0 Å². The van der Waals surface area contributed by atoms with E-state index in [9.17, 15) is 12.3 Å². The highest BCUT2D eigenvalue weighted by molar-refractivity contribution is 9.10. The summed E-state index contributed by atoms with van der Waals surface area (Å²) in [6.45, 7) is 0. The Balaban J connectivity index is 2.99. The van der Waals surface area contributed by atoms with Crippen molar-refractivity contribution in [2.45, 2.75) is 5.75 Å². The Labute approximate surface area is 77.7 Å². The van der Waals surface area contributed by atoms with Crippen LogP contribution in [-0.4, -0.2) is 18.2 Å². The molecule has 12 heavy (non-hydrogen) atoms. The Morgan fingerprint density at radius 3 is 2.67 bits per heavy atom. The minimum absolute atomic E-state index is 0.319. The van der Waals surface area contributed by atoms with Gasteiger partial charge in [-0.15, -0.1) is 3.89 Å². The van der Waals surface area contributed by atoms with Crippen molar-refractivity contribution < 1.29 is 12.3 Å². The fraction of sp³-hybridized carbons (Fsp3) is 0.400. The molecule has 1 aromatic heterocycles. The van der Waals surface area contributed by atoms with Crippen LogP contribution >= 0.6 is 15.9 Å². The quantitative estimate of drug-likeness (QED) is 0.742. The monoisotopic (exact) mass is 256 g/mol. The van der Waals surface area contributed by atoms with Crippen LogP contribution in [0, 0.1) is 0 Å². The maximum Gasteiger partial charge on any atom is 0.306 e. The summed E-state index contributed by atoms with van der Waals surface area (Å²) in [5, 5.41) is 3.74. The van der Waals surface area contributed by atoms with Gasteiger partial charge in [0, 0.05) is 12.6 Å². The molecule has 0 N–H and O–H groups in total. The molecule has 0 aliphatic carbocycles. The lowest BCUT2D eigenvalue weighted by molar-refractivity contribution is 0.551. The van der Waals surface area contributed by atoms with E-state index in [2.05, 4.69) is 21.0 Å². The lowest BCUT2D eigenvalue weighted by Gasteiger charge is -1.93. The number of hydrogen-bond acceptors (Lipinski definition) is 3. The minimum atomic E-state index is -4.47. The Kier molecular flexibility index (Phi) is 2.52. The van der Waals surface area contributed by atoms with Crippen LogP contribution in [0.1, 0.15) is 5.56 Å². The molecule has 0 saturated carbocycles. The van der Waals surface area contributed by atoms with E-state index in [1.54, 1.807) is 7.05 Å². The number of halogens is 2. The van der Waals surface area contributed by atoms with Crippen molar-refractivity contribution in [2.75, 3.05) is 0 Å². The van der Waals surface area contributed by atoms with Gasteiger partial charge in [-0.2, -0.15) is 13.5 Å². The standard InChI is InChI=1S/C5H6BrFN2O2S/c1-9-5(6)4(2-8-9)3-12(7,10)11/h2H,3H2,1H3. The van der Waals surface area contributed by atoms with Gasteiger partial charge in [0.1, 0.15) is 10.4 Å². The molecular weight excluding hydrogens is 251 g/mol. The fourth-order valence-corrected chi connectivity index (χ4v) is 1.85. The van der Waals surface area contributed by atoms with Crippen molar-refractivity contribution in [3.8, 4) is 0 Å². The predicted molar refractivity (Wildman–Crippen MR) is 44.6 cm³/mol. The van der Waals surface area contributed by atoms with E-state index in [4.69, 9.17) is 0 Å². The molecule has 0 aliphatic rings. The molecular formula is C5H6BrFN2O2S. The first kappa shape index (κ1) is 9.66. The van der Waals surface area contributed by atoms with Gasteiger partial charge in [-0.3, -0.25) is 4.68 Å². The van der Waals surface area contributed by atoms with Gasteiger partial charge in [-0.25, -0.2) is 0 Å². The number of rotatable bonds is 2. The largest absolute Gasteiger partial charge is 0.306 e. The second kappa shape index (κ2) is 3.14. The van der Waals surface area contributed by atoms with Crippen molar-refractivity contribution in [1.82, 2.24) is 9.78 Å². The summed E-state index contributed by atoms with van der Waals surface area (Å²) in [7, 11) is -2.85. The topological polar surface area (TPSA) is 52.0 Å². The summed E-state index contributed by atoms with van der Waals surface area (Å²) in [5.41, 5.74) is 0.319. The van der Waals surface area contributed by atoms with E-state index in [1.807, 2.05) is 0 Å². The maximum atomic E-state index is 12.2. The molecule has 1 heterocycles. The summed E-state index contributed by atoms with van der Waals surface area (Å²) in [6, 6.07) is 0. The lowest BCUT2D eigenvalue weighted by Crippen LogP contribution is -1.96. The van der Waals surface area contributed by atoms with Crippen molar-refractivity contribution in [1.29, 1.82) is 0 Å². The zero-order valence-corrected chi connectivity index (χ0v) is 8.56. The molecule has 0 bridgehead atoms. The summed E-state index contributed by atoms with van der Waals surface area (Å²) >= 11 is 3.07. The Morgan fingerprint density at radius 1 is 1.75 bits per heavy atom. The van der Waals surface area contributed by atoms with Crippen LogP contribution in [0.15, 0.2) is 10.8 Å². The normalized spacial score (nSPS) is 11.9. The average Bonchev–Trinajstić information content (AvgIpc) is 2.16. The molecule has 1 aromatic rings. The molecule has 0 radical (unpaired) electrons. The first-order valence-corrected chi connectivity index (χ1v) is 5.33. The van der Waals surface area contributed by atoms with Gasteiger partial charge in [0.05, 0.1) is 6.20 Å². The van der Waals surface area contributed by atoms with Gasteiger partial charge in [0.25, 0.3) is 0 Å². The van der Waals surface area contributed by atoms with E-state index in [0.717, 1.165) is 0 Å². The van der Waals surface area contributed by atoms with Crippen LogP contribution in [0.25, 0.3) is 0 Å². The highest BCUT2D eigenvalue weighted by Crippen LogP contribution is 2.17. The van der Waals surface area contributed by atoms with Gasteiger partial charge in [0.15, 0.2) is 0 Å². The van der Waals surface area contributed by atoms with E-state index in [0.29, 0.717) is 10.2 Å². The van der Waals surface area contributed by atoms with Gasteiger partial charge in [-0.1, -0.05) is 0 Å². The summed E-state index contributed by atoms with van der Waals surface area (Å²) < 4.78 is 34.5. The van der Waals surface area contributed by atoms with Crippen molar-refractivity contribution in [2.24, 2.45) is 7.05 Å². The molecule has 0 atom stereocenters. The van der Waals surface area contributed by atoms with Gasteiger partial charge < -0.3 is 0 Å². The van der Waals surface area contributed by atoms with E-state index in [-0.39, 0.29) is 0 Å². The van der Waals surface area contributed by atoms with Gasteiger partial charge in [-0.05, 0) is 15.9 Å². The third-order valence-corrected chi connectivity index (χ3v) is 2.94. The van der Waals surface area contributed by atoms with Crippen molar-refractivity contribution in [3.05, 3.63) is 16.4 Å². The average molecular weight is 257 g/mol. The van der Waals surface area contributed by atoms with E-state index in [1.165, 1.54) is 10.9 Å². The molecule has 0 fully saturated rings. The number of hydrogen-bond donors (Lipinski definition) is 0. The van der Waals surface area contributed by atoms with Gasteiger partial charge >= 0.3 is 10.2 Å². The van der Waals surface area contributed by atoms with E-state index >= 15 is 0 Å². The highest BCUT2D eigenvalue weighted by Gasteiger charge is 2.14. The third-order valence-electron chi connectivity index (χ3n) is 1.26. The number of nitrogens with zero attached hydrogens (tertiary/aromatic N) is 2. The second-order valence-corrected chi connectivity index (χ2v) is 4.38. The van der Waals surface area contributed by atoms with Crippen LogP contribution in [0.5, 0.6) is 0 Å². The predicted octanol–water partition coefficient (Wildman–Crippen LogP) is 0.982. The molecule has 0 aromatic carbocycles. The van der Waals surface area contributed by atoms with E-state index < -0.39 is 16.0 Å². The molecule has 0 unspecified atom stereocenters. The van der Waals surface area contributed by atoms with Crippen LogP contribution < -0.4 is 0 Å². The first-order chi connectivity index (χ1) is 5.40. The van der Waals surface area contributed by atoms with Crippen LogP contribution in [0.3, 0.4) is 0 Å². The van der Waals surface area contributed by atoms with Crippen molar-refractivity contribution >= 4 is 26.2 Å². The first-order valence-electron chi connectivity index (χ1n) is 2.99. The summed E-state index contributed by atoms with van der Waals surface area (Å²) in [5.74, 6) is -0.637. The molecule has 0 amide bonds. The maximum absolute atomic E-state index is 12.2. The third kappa shape index (κ3) is 2.28. The molecule has 0 aliphatic heterocycles. The Bertz CT molecular complexity index is 386. The van der Waals surface area contributed by atoms with Crippen LogP contribution in [0.4, 0.5) is 3.89 Å². The SMILES string of the molecule is Cn1ncc(CS(=O)(=O)F)c1Br. The molecule has 68 valence electrons. The van der Waals surface area contributed by atoms with Crippen LogP contribution in [0.2, 0.25) is 0 Å². The fourth-order valence-electron chi connectivity index (χ4n) is 0.751. The molecule has 7 heteroatoms. The number of aromatic nitrogens is 2. The number of aryl methyl sites for hydroxylation is 1. The summed E-state index contributed by atoms with van der Waals surface area (Å²) in [4.78, 5) is 0. The molecule has 1 rings (SSSR count). The zero-order chi connectivity index (χ0) is 9.35. The zero-order valence-electron chi connectivity index (χ0n) is 6.16. The Hall–Kier alpha value is -0.430. The molecule has 0 saturated heterocycles. The smallest absolute Gasteiger partial charge is 0.261 e. The minimum Gasteiger partial charge on any atom is -0.261 e.